The molecule has 1 aromatic heterocycles. The first kappa shape index (κ1) is 16.1. The molecular formula is C18H25NOS. The highest BCUT2D eigenvalue weighted by Crippen LogP contribution is 2.34. The Morgan fingerprint density at radius 1 is 1.19 bits per heavy atom. The van der Waals surface area contributed by atoms with Gasteiger partial charge in [0.15, 0.2) is 0 Å². The summed E-state index contributed by atoms with van der Waals surface area (Å²) in [6, 6.07) is 12.4. The van der Waals surface area contributed by atoms with Gasteiger partial charge >= 0.3 is 0 Å². The summed E-state index contributed by atoms with van der Waals surface area (Å²) in [5.74, 6) is 0.900. The van der Waals surface area contributed by atoms with Crippen LogP contribution in [0.25, 0.3) is 0 Å². The van der Waals surface area contributed by atoms with Gasteiger partial charge in [0.2, 0.25) is 0 Å². The van der Waals surface area contributed by atoms with E-state index in [1.165, 1.54) is 9.75 Å². The molecule has 0 aliphatic carbocycles. The van der Waals surface area contributed by atoms with Gasteiger partial charge in [-0.1, -0.05) is 39.8 Å². The van der Waals surface area contributed by atoms with Crippen LogP contribution >= 0.6 is 11.3 Å². The Morgan fingerprint density at radius 3 is 2.57 bits per heavy atom. The van der Waals surface area contributed by atoms with Crippen LogP contribution in [0.1, 0.15) is 55.5 Å². The topological polar surface area (TPSA) is 35.2 Å². The summed E-state index contributed by atoms with van der Waals surface area (Å²) in [6.45, 7) is 9.54. The van der Waals surface area contributed by atoms with E-state index in [0.29, 0.717) is 0 Å². The predicted molar refractivity (Wildman–Crippen MR) is 91.3 cm³/mol. The van der Waals surface area contributed by atoms with E-state index in [9.17, 15) is 0 Å². The molecule has 2 aromatic rings. The van der Waals surface area contributed by atoms with Crippen molar-refractivity contribution in [3.8, 4) is 5.75 Å². The molecule has 1 aromatic carbocycles. The van der Waals surface area contributed by atoms with E-state index in [1.54, 1.807) is 11.3 Å². The van der Waals surface area contributed by atoms with Crippen LogP contribution in [0.3, 0.4) is 0 Å². The number of thiophene rings is 1. The molecule has 0 aliphatic rings. The Labute approximate surface area is 132 Å². The van der Waals surface area contributed by atoms with Crippen molar-refractivity contribution in [3.63, 3.8) is 0 Å². The number of rotatable bonds is 5. The Kier molecular flexibility index (Phi) is 5.07. The van der Waals surface area contributed by atoms with Crippen molar-refractivity contribution < 1.29 is 4.74 Å². The van der Waals surface area contributed by atoms with Gasteiger partial charge in [0.05, 0.1) is 12.6 Å². The molecule has 0 fully saturated rings. The van der Waals surface area contributed by atoms with Crippen LogP contribution in [-0.2, 0) is 5.41 Å². The Hall–Kier alpha value is -1.32. The summed E-state index contributed by atoms with van der Waals surface area (Å²) in [5.41, 5.74) is 7.70. The minimum absolute atomic E-state index is 0.0868. The number of benzene rings is 1. The van der Waals surface area contributed by atoms with E-state index in [2.05, 4.69) is 52.0 Å². The fraction of sp³-hybridized carbons (Fsp3) is 0.444. The number of nitrogens with two attached hydrogens (primary N) is 1. The Morgan fingerprint density at radius 2 is 1.95 bits per heavy atom. The molecule has 0 amide bonds. The summed E-state index contributed by atoms with van der Waals surface area (Å²) >= 11 is 1.80. The van der Waals surface area contributed by atoms with Gasteiger partial charge in [-0.15, -0.1) is 11.3 Å². The van der Waals surface area contributed by atoms with Crippen LogP contribution in [0.4, 0.5) is 0 Å². The molecule has 0 radical (unpaired) electrons. The molecular weight excluding hydrogens is 278 g/mol. The predicted octanol–water partition coefficient (Wildman–Crippen LogP) is 4.88. The smallest absolute Gasteiger partial charge is 0.119 e. The lowest BCUT2D eigenvalue weighted by atomic mass is 9.95. The lowest BCUT2D eigenvalue weighted by molar-refractivity contribution is 0.317. The average molecular weight is 303 g/mol. The standard InChI is InChI=1S/C18H25NOS/c1-5-11-20-14-8-6-7-13(12-14)17(19)15-9-10-16(21-15)18(2,3)4/h6-10,12,17H,5,11,19H2,1-4H3. The van der Waals surface area contributed by atoms with Crippen LogP contribution in [0, 0.1) is 0 Å². The summed E-state index contributed by atoms with van der Waals surface area (Å²) in [7, 11) is 0. The number of ether oxygens (including phenoxy) is 1. The second-order valence-electron chi connectivity index (χ2n) is 6.35. The third-order valence-electron chi connectivity index (χ3n) is 3.36. The monoisotopic (exact) mass is 303 g/mol. The molecule has 1 heterocycles. The highest BCUT2D eigenvalue weighted by atomic mass is 32.1. The first-order chi connectivity index (χ1) is 9.91. The zero-order chi connectivity index (χ0) is 15.5. The SMILES string of the molecule is CCCOc1cccc(C(N)c2ccc(C(C)(C)C)s2)c1. The molecule has 0 saturated carbocycles. The van der Waals surface area contributed by atoms with Crippen LogP contribution in [0.2, 0.25) is 0 Å². The minimum atomic E-state index is -0.0868. The van der Waals surface area contributed by atoms with Gasteiger partial charge in [-0.2, -0.15) is 0 Å². The van der Waals surface area contributed by atoms with Crippen molar-refractivity contribution in [2.45, 2.75) is 45.6 Å². The van der Waals surface area contributed by atoms with E-state index >= 15 is 0 Å². The van der Waals surface area contributed by atoms with Crippen molar-refractivity contribution in [2.24, 2.45) is 5.73 Å². The Balaban J connectivity index is 2.19. The third kappa shape index (κ3) is 4.08. The molecule has 0 spiro atoms. The molecule has 0 bridgehead atoms. The van der Waals surface area contributed by atoms with Crippen molar-refractivity contribution in [3.05, 3.63) is 51.7 Å². The highest BCUT2D eigenvalue weighted by molar-refractivity contribution is 7.12. The first-order valence-corrected chi connectivity index (χ1v) is 8.32. The second kappa shape index (κ2) is 6.63. The summed E-state index contributed by atoms with van der Waals surface area (Å²) in [5, 5.41) is 0. The van der Waals surface area contributed by atoms with Crippen molar-refractivity contribution in [1.29, 1.82) is 0 Å². The maximum Gasteiger partial charge on any atom is 0.119 e. The van der Waals surface area contributed by atoms with Crippen LogP contribution < -0.4 is 10.5 Å². The van der Waals surface area contributed by atoms with Gasteiger partial charge in [0, 0.05) is 9.75 Å². The van der Waals surface area contributed by atoms with Gasteiger partial charge in [0.1, 0.15) is 5.75 Å². The summed E-state index contributed by atoms with van der Waals surface area (Å²) < 4.78 is 5.69. The van der Waals surface area contributed by atoms with E-state index in [1.807, 2.05) is 12.1 Å². The maximum atomic E-state index is 6.43. The molecule has 114 valence electrons. The first-order valence-electron chi connectivity index (χ1n) is 7.50. The second-order valence-corrected chi connectivity index (χ2v) is 7.47. The molecule has 0 saturated heterocycles. The van der Waals surface area contributed by atoms with Crippen LogP contribution in [0.15, 0.2) is 36.4 Å². The number of hydrogen-bond donors (Lipinski definition) is 1. The third-order valence-corrected chi connectivity index (χ3v) is 4.96. The normalized spacial score (nSPS) is 13.2. The lowest BCUT2D eigenvalue weighted by Crippen LogP contribution is -2.11. The van der Waals surface area contributed by atoms with Gasteiger partial charge in [-0.3, -0.25) is 0 Å². The summed E-state index contributed by atoms with van der Waals surface area (Å²) in [4.78, 5) is 2.57. The molecule has 21 heavy (non-hydrogen) atoms. The van der Waals surface area contributed by atoms with E-state index in [4.69, 9.17) is 10.5 Å². The van der Waals surface area contributed by atoms with Gasteiger partial charge < -0.3 is 10.5 Å². The van der Waals surface area contributed by atoms with E-state index in [0.717, 1.165) is 24.3 Å². The van der Waals surface area contributed by atoms with Crippen molar-refractivity contribution >= 4 is 11.3 Å². The summed E-state index contributed by atoms with van der Waals surface area (Å²) in [6.07, 6.45) is 1.01. The molecule has 0 aliphatic heterocycles. The van der Waals surface area contributed by atoms with Crippen molar-refractivity contribution in [2.75, 3.05) is 6.61 Å². The lowest BCUT2D eigenvalue weighted by Gasteiger charge is -2.16. The highest BCUT2D eigenvalue weighted by Gasteiger charge is 2.19. The zero-order valence-corrected chi connectivity index (χ0v) is 14.2. The van der Waals surface area contributed by atoms with Crippen molar-refractivity contribution in [1.82, 2.24) is 0 Å². The number of hydrogen-bond acceptors (Lipinski definition) is 3. The Bertz CT molecular complexity index is 583. The average Bonchev–Trinajstić information content (AvgIpc) is 2.94. The van der Waals surface area contributed by atoms with Crippen LogP contribution in [0.5, 0.6) is 5.75 Å². The van der Waals surface area contributed by atoms with Gasteiger partial charge in [-0.05, 0) is 41.7 Å². The quantitative estimate of drug-likeness (QED) is 0.854. The minimum Gasteiger partial charge on any atom is -0.494 e. The molecule has 2 N–H and O–H groups in total. The van der Waals surface area contributed by atoms with E-state index < -0.39 is 0 Å². The fourth-order valence-electron chi connectivity index (χ4n) is 2.11. The molecule has 3 heteroatoms. The fourth-order valence-corrected chi connectivity index (χ4v) is 3.20. The molecule has 2 rings (SSSR count). The van der Waals surface area contributed by atoms with E-state index in [-0.39, 0.29) is 11.5 Å². The van der Waals surface area contributed by atoms with Crippen LogP contribution in [-0.4, -0.2) is 6.61 Å². The zero-order valence-electron chi connectivity index (χ0n) is 13.3. The maximum absolute atomic E-state index is 6.43. The largest absolute Gasteiger partial charge is 0.494 e. The van der Waals surface area contributed by atoms with Gasteiger partial charge in [-0.25, -0.2) is 0 Å². The molecule has 1 atom stereocenters. The molecule has 2 nitrogen and oxygen atoms in total. The molecule has 1 unspecified atom stereocenters. The van der Waals surface area contributed by atoms with Gasteiger partial charge in [0.25, 0.3) is 0 Å².